The van der Waals surface area contributed by atoms with Gasteiger partial charge in [0.05, 0.1) is 5.69 Å². The van der Waals surface area contributed by atoms with Crippen LogP contribution in [0.5, 0.6) is 0 Å². The third-order valence-corrected chi connectivity index (χ3v) is 4.95. The van der Waals surface area contributed by atoms with E-state index in [-0.39, 0.29) is 11.9 Å². The second-order valence-corrected chi connectivity index (χ2v) is 6.92. The van der Waals surface area contributed by atoms with Gasteiger partial charge in [-0.25, -0.2) is 4.68 Å². The van der Waals surface area contributed by atoms with Crippen molar-refractivity contribution in [2.24, 2.45) is 5.73 Å². The minimum absolute atomic E-state index is 0.0222. The molecule has 0 aliphatic heterocycles. The number of amides is 1. The molecule has 5 heteroatoms. The maximum Gasteiger partial charge on any atom is 0.272 e. The molecule has 1 heterocycles. The normalized spacial score (nSPS) is 14.4. The highest BCUT2D eigenvalue weighted by Crippen LogP contribution is 2.28. The number of carbonyl (C=O) groups is 1. The van der Waals surface area contributed by atoms with Crippen LogP contribution in [-0.2, 0) is 12.8 Å². The lowest BCUT2D eigenvalue weighted by atomic mass is 10.1. The van der Waals surface area contributed by atoms with Crippen LogP contribution in [0, 0.1) is 6.92 Å². The monoisotopic (exact) mass is 340 g/mol. The summed E-state index contributed by atoms with van der Waals surface area (Å²) in [6.07, 6.45) is 6.06. The van der Waals surface area contributed by atoms with Crippen LogP contribution in [0.2, 0.25) is 0 Å². The fraction of sp³-hybridized carbons (Fsp3) is 0.500. The molecule has 1 atom stereocenters. The fourth-order valence-electron chi connectivity index (χ4n) is 3.47. The van der Waals surface area contributed by atoms with Gasteiger partial charge in [-0.3, -0.25) is 4.79 Å². The quantitative estimate of drug-likeness (QED) is 0.814. The number of nitrogens with two attached hydrogens (primary N) is 1. The number of hydrogen-bond acceptors (Lipinski definition) is 3. The van der Waals surface area contributed by atoms with E-state index in [1.807, 2.05) is 4.68 Å². The van der Waals surface area contributed by atoms with Gasteiger partial charge in [-0.15, -0.1) is 0 Å². The van der Waals surface area contributed by atoms with Gasteiger partial charge in [0.1, 0.15) is 0 Å². The molecule has 25 heavy (non-hydrogen) atoms. The van der Waals surface area contributed by atoms with Crippen LogP contribution in [-0.4, -0.2) is 28.3 Å². The molecule has 1 aromatic carbocycles. The van der Waals surface area contributed by atoms with Crippen molar-refractivity contribution in [1.29, 1.82) is 0 Å². The Morgan fingerprint density at radius 3 is 2.76 bits per heavy atom. The van der Waals surface area contributed by atoms with E-state index in [9.17, 15) is 4.79 Å². The summed E-state index contributed by atoms with van der Waals surface area (Å²) in [5, 5.41) is 7.74. The number of aromatic nitrogens is 2. The van der Waals surface area contributed by atoms with E-state index >= 15 is 0 Å². The molecule has 0 saturated heterocycles. The van der Waals surface area contributed by atoms with Crippen molar-refractivity contribution in [3.63, 3.8) is 0 Å². The second kappa shape index (κ2) is 7.83. The number of benzene rings is 1. The lowest BCUT2D eigenvalue weighted by Crippen LogP contribution is -2.40. The van der Waals surface area contributed by atoms with Crippen LogP contribution < -0.4 is 11.1 Å². The predicted octanol–water partition coefficient (Wildman–Crippen LogP) is 2.92. The molecule has 0 bridgehead atoms. The van der Waals surface area contributed by atoms with E-state index in [2.05, 4.69) is 48.5 Å². The van der Waals surface area contributed by atoms with Crippen LogP contribution in [0.25, 0.3) is 5.69 Å². The van der Waals surface area contributed by atoms with Crippen LogP contribution in [0.3, 0.4) is 0 Å². The Bertz CT molecular complexity index is 733. The van der Waals surface area contributed by atoms with Crippen LogP contribution in [0.15, 0.2) is 24.3 Å². The first-order valence-electron chi connectivity index (χ1n) is 9.32. The molecular weight excluding hydrogens is 312 g/mol. The van der Waals surface area contributed by atoms with E-state index in [0.29, 0.717) is 12.2 Å². The SMILES string of the molecule is CCCCC(CN)NC(=O)c1nn(-c2ccc(C)cc2)c2c1CCC2. The third kappa shape index (κ3) is 3.76. The van der Waals surface area contributed by atoms with E-state index in [1.165, 1.54) is 11.3 Å². The Balaban J connectivity index is 1.86. The summed E-state index contributed by atoms with van der Waals surface area (Å²) >= 11 is 0. The molecule has 3 N–H and O–H groups in total. The molecule has 1 amide bonds. The molecule has 1 aromatic heterocycles. The van der Waals surface area contributed by atoms with E-state index in [1.54, 1.807) is 0 Å². The van der Waals surface area contributed by atoms with Crippen LogP contribution >= 0.6 is 0 Å². The van der Waals surface area contributed by atoms with E-state index in [4.69, 9.17) is 5.73 Å². The molecule has 1 aliphatic rings. The largest absolute Gasteiger partial charge is 0.347 e. The fourth-order valence-corrected chi connectivity index (χ4v) is 3.47. The Morgan fingerprint density at radius 1 is 1.32 bits per heavy atom. The summed E-state index contributed by atoms with van der Waals surface area (Å²) in [6, 6.07) is 8.30. The first kappa shape index (κ1) is 17.7. The highest BCUT2D eigenvalue weighted by molar-refractivity contribution is 5.94. The summed E-state index contributed by atoms with van der Waals surface area (Å²) in [5.74, 6) is -0.0874. The average Bonchev–Trinajstić information content (AvgIpc) is 3.21. The molecule has 1 aliphatic carbocycles. The van der Waals surface area contributed by atoms with Gasteiger partial charge in [0.25, 0.3) is 5.91 Å². The molecule has 5 nitrogen and oxygen atoms in total. The Kier molecular flexibility index (Phi) is 5.53. The first-order valence-corrected chi connectivity index (χ1v) is 9.32. The summed E-state index contributed by atoms with van der Waals surface area (Å²) < 4.78 is 1.94. The summed E-state index contributed by atoms with van der Waals surface area (Å²) in [4.78, 5) is 12.8. The maximum absolute atomic E-state index is 12.8. The van der Waals surface area contributed by atoms with Gasteiger partial charge in [-0.1, -0.05) is 37.5 Å². The van der Waals surface area contributed by atoms with Gasteiger partial charge in [-0.2, -0.15) is 5.10 Å². The highest BCUT2D eigenvalue weighted by Gasteiger charge is 2.27. The second-order valence-electron chi connectivity index (χ2n) is 6.92. The van der Waals surface area contributed by atoms with Crippen molar-refractivity contribution in [1.82, 2.24) is 15.1 Å². The van der Waals surface area contributed by atoms with E-state index < -0.39 is 0 Å². The van der Waals surface area contributed by atoms with E-state index in [0.717, 1.165) is 49.8 Å². The lowest BCUT2D eigenvalue weighted by molar-refractivity contribution is 0.0929. The number of fused-ring (bicyclic) bond motifs is 1. The van der Waals surface area contributed by atoms with Gasteiger partial charge in [0, 0.05) is 23.8 Å². The number of nitrogens with zero attached hydrogens (tertiary/aromatic N) is 2. The van der Waals surface area contributed by atoms with Crippen molar-refractivity contribution in [2.45, 2.75) is 58.4 Å². The molecule has 2 aromatic rings. The van der Waals surface area contributed by atoms with Crippen LogP contribution in [0.1, 0.15) is 59.9 Å². The standard InChI is InChI=1S/C20H28N4O/c1-3-4-6-15(13-21)22-20(25)19-17-7-5-8-18(17)24(23-19)16-11-9-14(2)10-12-16/h9-12,15H,3-8,13,21H2,1-2H3,(H,22,25). The molecule has 3 rings (SSSR count). The van der Waals surface area contributed by atoms with Gasteiger partial charge in [-0.05, 0) is 44.7 Å². The summed E-state index contributed by atoms with van der Waals surface area (Å²) in [6.45, 7) is 4.68. The molecule has 1 unspecified atom stereocenters. The van der Waals surface area contributed by atoms with Crippen molar-refractivity contribution in [3.8, 4) is 5.69 Å². The first-order chi connectivity index (χ1) is 12.1. The Labute approximate surface area is 149 Å². The zero-order valence-corrected chi connectivity index (χ0v) is 15.2. The highest BCUT2D eigenvalue weighted by atomic mass is 16.2. The Morgan fingerprint density at radius 2 is 2.08 bits per heavy atom. The van der Waals surface area contributed by atoms with Crippen molar-refractivity contribution >= 4 is 5.91 Å². The number of hydrogen-bond donors (Lipinski definition) is 2. The van der Waals surface area contributed by atoms with Gasteiger partial charge in [0.15, 0.2) is 5.69 Å². The minimum Gasteiger partial charge on any atom is -0.347 e. The average molecular weight is 340 g/mol. The van der Waals surface area contributed by atoms with Gasteiger partial charge >= 0.3 is 0 Å². The maximum atomic E-state index is 12.8. The van der Waals surface area contributed by atoms with Gasteiger partial charge < -0.3 is 11.1 Å². The third-order valence-electron chi connectivity index (χ3n) is 4.95. The number of carbonyl (C=O) groups excluding carboxylic acids is 1. The summed E-state index contributed by atoms with van der Waals surface area (Å²) in [7, 11) is 0. The van der Waals surface area contributed by atoms with Crippen molar-refractivity contribution in [2.75, 3.05) is 6.54 Å². The molecule has 0 spiro atoms. The zero-order chi connectivity index (χ0) is 17.8. The molecule has 134 valence electrons. The topological polar surface area (TPSA) is 72.9 Å². The molecule has 0 fully saturated rings. The number of nitrogens with one attached hydrogen (secondary N) is 1. The Hall–Kier alpha value is -2.14. The predicted molar refractivity (Wildman–Crippen MR) is 100 cm³/mol. The molecule has 0 saturated carbocycles. The minimum atomic E-state index is -0.0874. The molecular formula is C20H28N4O. The number of rotatable bonds is 7. The zero-order valence-electron chi connectivity index (χ0n) is 15.2. The van der Waals surface area contributed by atoms with Gasteiger partial charge in [0.2, 0.25) is 0 Å². The van der Waals surface area contributed by atoms with Crippen molar-refractivity contribution in [3.05, 3.63) is 46.8 Å². The lowest BCUT2D eigenvalue weighted by Gasteiger charge is -2.16. The number of aryl methyl sites for hydroxylation is 1. The van der Waals surface area contributed by atoms with Crippen LogP contribution in [0.4, 0.5) is 0 Å². The smallest absolute Gasteiger partial charge is 0.272 e. The van der Waals surface area contributed by atoms with Crippen molar-refractivity contribution < 1.29 is 4.79 Å². The molecule has 0 radical (unpaired) electrons. The number of unbranched alkanes of at least 4 members (excludes halogenated alkanes) is 1. The summed E-state index contributed by atoms with van der Waals surface area (Å²) in [5.41, 5.74) is 10.9.